The van der Waals surface area contributed by atoms with Gasteiger partial charge in [0.05, 0.1) is 6.10 Å². The SMILES string of the molecule is CNc1cc(NCC(C)O)nc(-c2ccccc2)n1. The molecule has 19 heavy (non-hydrogen) atoms. The van der Waals surface area contributed by atoms with Crippen LogP contribution in [0.15, 0.2) is 36.4 Å². The van der Waals surface area contributed by atoms with Crippen molar-refractivity contribution < 1.29 is 5.11 Å². The average molecular weight is 258 g/mol. The zero-order valence-corrected chi connectivity index (χ0v) is 11.1. The summed E-state index contributed by atoms with van der Waals surface area (Å²) in [5.41, 5.74) is 0.958. The van der Waals surface area contributed by atoms with Crippen molar-refractivity contribution in [3.63, 3.8) is 0 Å². The molecule has 1 atom stereocenters. The quantitative estimate of drug-likeness (QED) is 0.765. The summed E-state index contributed by atoms with van der Waals surface area (Å²) in [5, 5.41) is 15.4. The molecule has 0 saturated carbocycles. The molecule has 100 valence electrons. The lowest BCUT2D eigenvalue weighted by atomic mass is 10.2. The molecule has 0 fully saturated rings. The van der Waals surface area contributed by atoms with E-state index in [2.05, 4.69) is 20.6 Å². The second-order valence-corrected chi connectivity index (χ2v) is 4.31. The van der Waals surface area contributed by atoms with Crippen LogP contribution in [0.4, 0.5) is 11.6 Å². The Hall–Kier alpha value is -2.14. The van der Waals surface area contributed by atoms with Crippen molar-refractivity contribution >= 4 is 11.6 Å². The van der Waals surface area contributed by atoms with Crippen LogP contribution in [0.25, 0.3) is 11.4 Å². The van der Waals surface area contributed by atoms with Gasteiger partial charge in [-0.1, -0.05) is 30.3 Å². The Balaban J connectivity index is 2.31. The largest absolute Gasteiger partial charge is 0.392 e. The third kappa shape index (κ3) is 3.66. The normalized spacial score (nSPS) is 11.9. The molecule has 5 nitrogen and oxygen atoms in total. The van der Waals surface area contributed by atoms with Crippen LogP contribution in [0.1, 0.15) is 6.92 Å². The Labute approximate surface area is 112 Å². The standard InChI is InChI=1S/C14H18N4O/c1-10(19)9-16-13-8-12(15-2)17-14(18-13)11-6-4-3-5-7-11/h3-8,10,19H,9H2,1-2H3,(H2,15,16,17,18). The predicted octanol–water partition coefficient (Wildman–Crippen LogP) is 1.98. The molecule has 0 bridgehead atoms. The van der Waals surface area contributed by atoms with Gasteiger partial charge in [0, 0.05) is 25.2 Å². The van der Waals surface area contributed by atoms with Crippen molar-refractivity contribution in [3.8, 4) is 11.4 Å². The third-order valence-electron chi connectivity index (χ3n) is 2.59. The minimum Gasteiger partial charge on any atom is -0.392 e. The van der Waals surface area contributed by atoms with Gasteiger partial charge in [-0.3, -0.25) is 0 Å². The molecule has 0 radical (unpaired) electrons. The van der Waals surface area contributed by atoms with Crippen molar-refractivity contribution in [2.24, 2.45) is 0 Å². The molecule has 3 N–H and O–H groups in total. The maximum absolute atomic E-state index is 9.30. The van der Waals surface area contributed by atoms with Crippen LogP contribution in [-0.2, 0) is 0 Å². The number of hydrogen-bond donors (Lipinski definition) is 3. The number of nitrogens with zero attached hydrogens (tertiary/aromatic N) is 2. The van der Waals surface area contributed by atoms with E-state index in [-0.39, 0.29) is 0 Å². The Morgan fingerprint density at radius 2 is 1.84 bits per heavy atom. The van der Waals surface area contributed by atoms with Crippen LogP contribution < -0.4 is 10.6 Å². The topological polar surface area (TPSA) is 70.1 Å². The highest BCUT2D eigenvalue weighted by atomic mass is 16.3. The minimum absolute atomic E-state index is 0.423. The van der Waals surface area contributed by atoms with Gasteiger partial charge in [0.1, 0.15) is 11.6 Å². The van der Waals surface area contributed by atoms with Crippen molar-refractivity contribution in [1.82, 2.24) is 9.97 Å². The summed E-state index contributed by atoms with van der Waals surface area (Å²) in [6, 6.07) is 11.6. The van der Waals surface area contributed by atoms with Crippen LogP contribution in [0, 0.1) is 0 Å². The second-order valence-electron chi connectivity index (χ2n) is 4.31. The number of hydrogen-bond acceptors (Lipinski definition) is 5. The Morgan fingerprint density at radius 3 is 2.47 bits per heavy atom. The van der Waals surface area contributed by atoms with Crippen LogP contribution in [0.2, 0.25) is 0 Å². The maximum atomic E-state index is 9.30. The van der Waals surface area contributed by atoms with Gasteiger partial charge >= 0.3 is 0 Å². The molecule has 0 amide bonds. The first kappa shape index (κ1) is 13.3. The van der Waals surface area contributed by atoms with Gasteiger partial charge in [-0.25, -0.2) is 9.97 Å². The van der Waals surface area contributed by atoms with Crippen LogP contribution >= 0.6 is 0 Å². The second kappa shape index (κ2) is 6.15. The lowest BCUT2D eigenvalue weighted by Crippen LogP contribution is -2.16. The molecule has 1 unspecified atom stereocenters. The molecule has 2 aromatic rings. The molecule has 0 spiro atoms. The number of benzene rings is 1. The van der Waals surface area contributed by atoms with Crippen molar-refractivity contribution in [3.05, 3.63) is 36.4 Å². The summed E-state index contributed by atoms with van der Waals surface area (Å²) in [6.45, 7) is 2.18. The molecule has 0 aliphatic carbocycles. The molecular weight excluding hydrogens is 240 g/mol. The van der Waals surface area contributed by atoms with E-state index in [4.69, 9.17) is 0 Å². The number of aliphatic hydroxyl groups is 1. The fraction of sp³-hybridized carbons (Fsp3) is 0.286. The maximum Gasteiger partial charge on any atom is 0.163 e. The number of aromatic nitrogens is 2. The summed E-state index contributed by atoms with van der Waals surface area (Å²) in [4.78, 5) is 8.87. The zero-order valence-electron chi connectivity index (χ0n) is 11.1. The van der Waals surface area contributed by atoms with Gasteiger partial charge in [0.2, 0.25) is 0 Å². The van der Waals surface area contributed by atoms with Crippen molar-refractivity contribution in [2.45, 2.75) is 13.0 Å². The van der Waals surface area contributed by atoms with Crippen LogP contribution in [0.5, 0.6) is 0 Å². The molecule has 1 heterocycles. The van der Waals surface area contributed by atoms with E-state index in [9.17, 15) is 5.11 Å². The van der Waals surface area contributed by atoms with Gasteiger partial charge in [0.15, 0.2) is 5.82 Å². The lowest BCUT2D eigenvalue weighted by Gasteiger charge is -2.11. The molecular formula is C14H18N4O. The number of anilines is 2. The fourth-order valence-corrected chi connectivity index (χ4v) is 1.63. The lowest BCUT2D eigenvalue weighted by molar-refractivity contribution is 0.208. The fourth-order valence-electron chi connectivity index (χ4n) is 1.63. The first-order valence-corrected chi connectivity index (χ1v) is 6.23. The monoisotopic (exact) mass is 258 g/mol. The van der Waals surface area contributed by atoms with E-state index in [0.29, 0.717) is 18.2 Å². The summed E-state index contributed by atoms with van der Waals surface area (Å²) < 4.78 is 0. The number of nitrogens with one attached hydrogen (secondary N) is 2. The third-order valence-corrected chi connectivity index (χ3v) is 2.59. The Kier molecular flexibility index (Phi) is 4.30. The highest BCUT2D eigenvalue weighted by Gasteiger charge is 2.06. The van der Waals surface area contributed by atoms with E-state index < -0.39 is 6.10 Å². The Bertz CT molecular complexity index is 528. The minimum atomic E-state index is -0.423. The predicted molar refractivity (Wildman–Crippen MR) is 77.2 cm³/mol. The van der Waals surface area contributed by atoms with Crippen LogP contribution in [-0.4, -0.2) is 34.8 Å². The highest BCUT2D eigenvalue weighted by molar-refractivity contribution is 5.61. The van der Waals surface area contributed by atoms with Gasteiger partial charge in [-0.05, 0) is 6.92 Å². The number of rotatable bonds is 5. The first-order valence-electron chi connectivity index (χ1n) is 6.23. The molecule has 2 rings (SSSR count). The van der Waals surface area contributed by atoms with E-state index in [0.717, 1.165) is 11.4 Å². The van der Waals surface area contributed by atoms with E-state index in [1.165, 1.54) is 0 Å². The molecule has 5 heteroatoms. The van der Waals surface area contributed by atoms with Gasteiger partial charge in [0.25, 0.3) is 0 Å². The van der Waals surface area contributed by atoms with E-state index in [1.54, 1.807) is 6.92 Å². The summed E-state index contributed by atoms with van der Waals surface area (Å²) in [6.07, 6.45) is -0.423. The molecule has 0 saturated heterocycles. The van der Waals surface area contributed by atoms with Crippen molar-refractivity contribution in [2.75, 3.05) is 24.2 Å². The number of aliphatic hydroxyl groups excluding tert-OH is 1. The van der Waals surface area contributed by atoms with Gasteiger partial charge < -0.3 is 15.7 Å². The van der Waals surface area contributed by atoms with Gasteiger partial charge in [-0.15, -0.1) is 0 Å². The molecule has 0 aliphatic heterocycles. The molecule has 1 aromatic carbocycles. The summed E-state index contributed by atoms with van der Waals surface area (Å²) in [7, 11) is 1.82. The highest BCUT2D eigenvalue weighted by Crippen LogP contribution is 2.19. The van der Waals surface area contributed by atoms with Gasteiger partial charge in [-0.2, -0.15) is 0 Å². The molecule has 0 aliphatic rings. The summed E-state index contributed by atoms with van der Waals surface area (Å²) >= 11 is 0. The first-order chi connectivity index (χ1) is 9.19. The van der Waals surface area contributed by atoms with Crippen LogP contribution in [0.3, 0.4) is 0 Å². The van der Waals surface area contributed by atoms with Crippen molar-refractivity contribution in [1.29, 1.82) is 0 Å². The average Bonchev–Trinajstić information content (AvgIpc) is 2.45. The smallest absolute Gasteiger partial charge is 0.163 e. The van der Waals surface area contributed by atoms with E-state index in [1.807, 2.05) is 43.4 Å². The van der Waals surface area contributed by atoms with E-state index >= 15 is 0 Å². The Morgan fingerprint density at radius 1 is 1.16 bits per heavy atom. The summed E-state index contributed by atoms with van der Waals surface area (Å²) in [5.74, 6) is 2.08. The zero-order chi connectivity index (χ0) is 13.7. The molecule has 1 aromatic heterocycles.